The van der Waals surface area contributed by atoms with E-state index in [2.05, 4.69) is 39.6 Å². The Balaban J connectivity index is 2.06. The minimum atomic E-state index is -0.0225. The second-order valence-corrected chi connectivity index (χ2v) is 7.93. The van der Waals surface area contributed by atoms with Gasteiger partial charge in [-0.15, -0.1) is 0 Å². The van der Waals surface area contributed by atoms with E-state index in [1.165, 1.54) is 0 Å². The summed E-state index contributed by atoms with van der Waals surface area (Å²) in [7, 11) is 2.09. The second kappa shape index (κ2) is 6.91. The number of nitrogens with zero attached hydrogens (tertiary/aromatic N) is 2. The van der Waals surface area contributed by atoms with E-state index in [0.717, 1.165) is 37.3 Å². The maximum Gasteiger partial charge on any atom is 0.253 e. The van der Waals surface area contributed by atoms with Crippen molar-refractivity contribution in [2.75, 3.05) is 31.6 Å². The SMILES string of the molecule is CC(C)CN(C)c1ccc(C(=O)N2CCC(N)C(C)(C)C2)cc1. The van der Waals surface area contributed by atoms with Crippen molar-refractivity contribution < 1.29 is 4.79 Å². The molecular formula is C19H31N3O. The van der Waals surface area contributed by atoms with E-state index >= 15 is 0 Å². The molecule has 0 saturated carbocycles. The van der Waals surface area contributed by atoms with Gasteiger partial charge in [0, 0.05) is 44.0 Å². The molecule has 1 aliphatic rings. The number of hydrogen-bond acceptors (Lipinski definition) is 3. The van der Waals surface area contributed by atoms with E-state index in [1.54, 1.807) is 0 Å². The van der Waals surface area contributed by atoms with Gasteiger partial charge < -0.3 is 15.5 Å². The van der Waals surface area contributed by atoms with Crippen molar-refractivity contribution in [3.05, 3.63) is 29.8 Å². The van der Waals surface area contributed by atoms with Crippen molar-refractivity contribution in [1.29, 1.82) is 0 Å². The minimum Gasteiger partial charge on any atom is -0.374 e. The zero-order valence-electron chi connectivity index (χ0n) is 15.2. The fraction of sp³-hybridized carbons (Fsp3) is 0.632. The van der Waals surface area contributed by atoms with Crippen LogP contribution in [0.4, 0.5) is 5.69 Å². The monoisotopic (exact) mass is 317 g/mol. The molecule has 1 fully saturated rings. The predicted molar refractivity (Wildman–Crippen MR) is 96.8 cm³/mol. The highest BCUT2D eigenvalue weighted by atomic mass is 16.2. The first-order valence-electron chi connectivity index (χ1n) is 8.57. The normalized spacial score (nSPS) is 20.7. The van der Waals surface area contributed by atoms with E-state index in [-0.39, 0.29) is 17.4 Å². The summed E-state index contributed by atoms with van der Waals surface area (Å²) in [5.74, 6) is 0.726. The van der Waals surface area contributed by atoms with Crippen LogP contribution in [0.15, 0.2) is 24.3 Å². The molecular weight excluding hydrogens is 286 g/mol. The maximum atomic E-state index is 12.7. The lowest BCUT2D eigenvalue weighted by Crippen LogP contribution is -2.53. The van der Waals surface area contributed by atoms with Crippen LogP contribution in [0, 0.1) is 11.3 Å². The van der Waals surface area contributed by atoms with Crippen molar-refractivity contribution in [3.8, 4) is 0 Å². The summed E-state index contributed by atoms with van der Waals surface area (Å²) < 4.78 is 0. The molecule has 1 aliphatic heterocycles. The van der Waals surface area contributed by atoms with E-state index in [4.69, 9.17) is 5.73 Å². The van der Waals surface area contributed by atoms with E-state index < -0.39 is 0 Å². The first-order chi connectivity index (χ1) is 10.7. The Morgan fingerprint density at radius 3 is 2.48 bits per heavy atom. The molecule has 4 heteroatoms. The number of carbonyl (C=O) groups is 1. The van der Waals surface area contributed by atoms with Gasteiger partial charge in [0.05, 0.1) is 0 Å². The number of piperidine rings is 1. The van der Waals surface area contributed by atoms with Crippen molar-refractivity contribution in [3.63, 3.8) is 0 Å². The maximum absolute atomic E-state index is 12.7. The number of rotatable bonds is 4. The Morgan fingerprint density at radius 2 is 1.96 bits per heavy atom. The molecule has 1 unspecified atom stereocenters. The second-order valence-electron chi connectivity index (χ2n) is 7.93. The zero-order chi connectivity index (χ0) is 17.2. The van der Waals surface area contributed by atoms with Gasteiger partial charge >= 0.3 is 0 Å². The number of carbonyl (C=O) groups excluding carboxylic acids is 1. The van der Waals surface area contributed by atoms with Gasteiger partial charge in [-0.05, 0) is 42.0 Å². The Morgan fingerprint density at radius 1 is 1.35 bits per heavy atom. The van der Waals surface area contributed by atoms with Gasteiger partial charge in [0.1, 0.15) is 0 Å². The molecule has 0 aromatic heterocycles. The van der Waals surface area contributed by atoms with Crippen LogP contribution in [0.3, 0.4) is 0 Å². The summed E-state index contributed by atoms with van der Waals surface area (Å²) in [6, 6.07) is 8.12. The van der Waals surface area contributed by atoms with Crippen molar-refractivity contribution >= 4 is 11.6 Å². The van der Waals surface area contributed by atoms with Crippen LogP contribution in [0.25, 0.3) is 0 Å². The van der Waals surface area contributed by atoms with E-state index in [0.29, 0.717) is 5.92 Å². The molecule has 23 heavy (non-hydrogen) atoms. The first kappa shape index (κ1) is 17.8. The third kappa shape index (κ3) is 4.25. The van der Waals surface area contributed by atoms with Crippen LogP contribution < -0.4 is 10.6 Å². The van der Waals surface area contributed by atoms with Gasteiger partial charge in [-0.2, -0.15) is 0 Å². The standard InChI is InChI=1S/C19H31N3O/c1-14(2)12-21(5)16-8-6-15(7-9-16)18(23)22-11-10-17(20)19(3,4)13-22/h6-9,14,17H,10-13,20H2,1-5H3. The fourth-order valence-electron chi connectivity index (χ4n) is 3.24. The highest BCUT2D eigenvalue weighted by molar-refractivity contribution is 5.94. The summed E-state index contributed by atoms with van der Waals surface area (Å²) >= 11 is 0. The zero-order valence-corrected chi connectivity index (χ0v) is 15.2. The Hall–Kier alpha value is -1.55. The van der Waals surface area contributed by atoms with E-state index in [9.17, 15) is 4.79 Å². The van der Waals surface area contributed by atoms with Crippen molar-refractivity contribution in [2.45, 2.75) is 40.2 Å². The molecule has 4 nitrogen and oxygen atoms in total. The Bertz CT molecular complexity index is 536. The van der Waals surface area contributed by atoms with E-state index in [1.807, 2.05) is 29.2 Å². The smallest absolute Gasteiger partial charge is 0.253 e. The van der Waals surface area contributed by atoms with Gasteiger partial charge in [0.15, 0.2) is 0 Å². The van der Waals surface area contributed by atoms with Gasteiger partial charge in [-0.25, -0.2) is 0 Å². The number of anilines is 1. The van der Waals surface area contributed by atoms with Crippen LogP contribution in [-0.4, -0.2) is 43.5 Å². The van der Waals surface area contributed by atoms with Gasteiger partial charge in [0.2, 0.25) is 0 Å². The van der Waals surface area contributed by atoms with Crippen LogP contribution in [-0.2, 0) is 0 Å². The molecule has 1 atom stereocenters. The lowest BCUT2D eigenvalue weighted by Gasteiger charge is -2.42. The quantitative estimate of drug-likeness (QED) is 0.929. The molecule has 0 aliphatic carbocycles. The molecule has 1 aromatic carbocycles. The molecule has 2 rings (SSSR count). The molecule has 0 spiro atoms. The highest BCUT2D eigenvalue weighted by Crippen LogP contribution is 2.28. The summed E-state index contributed by atoms with van der Waals surface area (Å²) in [5, 5.41) is 0. The molecule has 1 aromatic rings. The predicted octanol–water partition coefficient (Wildman–Crippen LogP) is 2.98. The highest BCUT2D eigenvalue weighted by Gasteiger charge is 2.35. The van der Waals surface area contributed by atoms with Crippen LogP contribution in [0.5, 0.6) is 0 Å². The number of nitrogens with two attached hydrogens (primary N) is 1. The number of benzene rings is 1. The van der Waals surface area contributed by atoms with Gasteiger partial charge in [0.25, 0.3) is 5.91 Å². The van der Waals surface area contributed by atoms with Crippen molar-refractivity contribution in [2.24, 2.45) is 17.1 Å². The topological polar surface area (TPSA) is 49.6 Å². The van der Waals surface area contributed by atoms with Gasteiger partial charge in [-0.1, -0.05) is 27.7 Å². The lowest BCUT2D eigenvalue weighted by atomic mass is 9.79. The van der Waals surface area contributed by atoms with Crippen molar-refractivity contribution in [1.82, 2.24) is 4.90 Å². The van der Waals surface area contributed by atoms with Crippen LogP contribution in [0.2, 0.25) is 0 Å². The minimum absolute atomic E-state index is 0.0225. The lowest BCUT2D eigenvalue weighted by molar-refractivity contribution is 0.0533. The molecule has 1 saturated heterocycles. The summed E-state index contributed by atoms with van der Waals surface area (Å²) in [6.45, 7) is 11.2. The molecule has 1 amide bonds. The fourth-order valence-corrected chi connectivity index (χ4v) is 3.24. The Labute approximate surface area is 140 Å². The number of likely N-dealkylation sites (tertiary alicyclic amines) is 1. The summed E-state index contributed by atoms with van der Waals surface area (Å²) in [4.78, 5) is 16.9. The third-order valence-corrected chi connectivity index (χ3v) is 4.79. The van der Waals surface area contributed by atoms with Crippen LogP contribution >= 0.6 is 0 Å². The largest absolute Gasteiger partial charge is 0.374 e. The molecule has 0 radical (unpaired) electrons. The number of hydrogen-bond donors (Lipinski definition) is 1. The molecule has 0 bridgehead atoms. The third-order valence-electron chi connectivity index (χ3n) is 4.79. The van der Waals surface area contributed by atoms with Crippen LogP contribution in [0.1, 0.15) is 44.5 Å². The first-order valence-corrected chi connectivity index (χ1v) is 8.57. The number of amides is 1. The average molecular weight is 317 g/mol. The molecule has 1 heterocycles. The average Bonchev–Trinajstić information content (AvgIpc) is 2.48. The molecule has 2 N–H and O–H groups in total. The van der Waals surface area contributed by atoms with Gasteiger partial charge in [-0.3, -0.25) is 4.79 Å². The summed E-state index contributed by atoms with van der Waals surface area (Å²) in [6.07, 6.45) is 0.869. The molecule has 128 valence electrons. The Kier molecular flexibility index (Phi) is 5.35. The summed E-state index contributed by atoms with van der Waals surface area (Å²) in [5.41, 5.74) is 8.05.